The Kier molecular flexibility index (Phi) is 4.11. The van der Waals surface area contributed by atoms with Crippen LogP contribution in [0.5, 0.6) is 0 Å². The number of benzene rings is 1. The molecule has 106 valence electrons. The summed E-state index contributed by atoms with van der Waals surface area (Å²) in [5.74, 6) is -0.247. The zero-order valence-corrected chi connectivity index (χ0v) is 11.7. The van der Waals surface area contributed by atoms with Gasteiger partial charge in [-0.15, -0.1) is 0 Å². The summed E-state index contributed by atoms with van der Waals surface area (Å²) in [6.07, 6.45) is 2.39. The third-order valence-electron chi connectivity index (χ3n) is 3.89. The van der Waals surface area contributed by atoms with Crippen LogP contribution in [0, 0.1) is 5.82 Å². The lowest BCUT2D eigenvalue weighted by Gasteiger charge is -2.27. The van der Waals surface area contributed by atoms with Crippen molar-refractivity contribution in [1.82, 2.24) is 0 Å². The summed E-state index contributed by atoms with van der Waals surface area (Å²) < 4.78 is 14.0. The lowest BCUT2D eigenvalue weighted by atomic mass is 9.98. The summed E-state index contributed by atoms with van der Waals surface area (Å²) >= 11 is 0. The van der Waals surface area contributed by atoms with Gasteiger partial charge in [-0.2, -0.15) is 0 Å². The standard InChI is InChI=1S/C15H23FN2O/c1-11(17)14-12(16)5-3-6-13(14)18-9-4-7-15(2,19)8-10-18/h3,5-6,11,19H,4,7-10,17H2,1-2H3/t11-,15?/m1/s1. The van der Waals surface area contributed by atoms with Crippen molar-refractivity contribution in [3.8, 4) is 0 Å². The summed E-state index contributed by atoms with van der Waals surface area (Å²) in [7, 11) is 0. The van der Waals surface area contributed by atoms with E-state index in [1.165, 1.54) is 6.07 Å². The van der Waals surface area contributed by atoms with Gasteiger partial charge in [-0.05, 0) is 45.2 Å². The van der Waals surface area contributed by atoms with Crippen molar-refractivity contribution in [2.75, 3.05) is 18.0 Å². The van der Waals surface area contributed by atoms with Crippen molar-refractivity contribution in [3.63, 3.8) is 0 Å². The van der Waals surface area contributed by atoms with E-state index in [9.17, 15) is 9.50 Å². The molecule has 0 amide bonds. The molecule has 1 unspecified atom stereocenters. The van der Waals surface area contributed by atoms with E-state index in [4.69, 9.17) is 5.73 Å². The highest BCUT2D eigenvalue weighted by molar-refractivity contribution is 5.55. The zero-order valence-electron chi connectivity index (χ0n) is 11.7. The number of aliphatic hydroxyl groups is 1. The van der Waals surface area contributed by atoms with Gasteiger partial charge in [0.15, 0.2) is 0 Å². The number of halogens is 1. The maximum atomic E-state index is 14.0. The summed E-state index contributed by atoms with van der Waals surface area (Å²) in [6, 6.07) is 4.76. The molecule has 0 radical (unpaired) electrons. The normalized spacial score (nSPS) is 26.1. The SMILES string of the molecule is C[C@@H](N)c1c(F)cccc1N1CCCC(C)(O)CC1. The Bertz CT molecular complexity index is 446. The molecule has 1 aromatic carbocycles. The molecular weight excluding hydrogens is 243 g/mol. The molecule has 1 saturated heterocycles. The fraction of sp³-hybridized carbons (Fsp3) is 0.600. The summed E-state index contributed by atoms with van der Waals surface area (Å²) in [4.78, 5) is 2.14. The van der Waals surface area contributed by atoms with Crippen LogP contribution in [0.4, 0.5) is 10.1 Å². The maximum absolute atomic E-state index is 14.0. The van der Waals surface area contributed by atoms with E-state index in [1.54, 1.807) is 13.0 Å². The third-order valence-corrected chi connectivity index (χ3v) is 3.89. The predicted octanol–water partition coefficient (Wildman–Crippen LogP) is 2.59. The van der Waals surface area contributed by atoms with Crippen LogP contribution in [0.2, 0.25) is 0 Å². The fourth-order valence-corrected chi connectivity index (χ4v) is 2.76. The van der Waals surface area contributed by atoms with Gasteiger partial charge in [0.25, 0.3) is 0 Å². The first-order valence-corrected chi connectivity index (χ1v) is 6.92. The minimum atomic E-state index is -0.615. The predicted molar refractivity (Wildman–Crippen MR) is 75.7 cm³/mol. The molecule has 0 aromatic heterocycles. The second-order valence-electron chi connectivity index (χ2n) is 5.80. The molecule has 0 spiro atoms. The van der Waals surface area contributed by atoms with Crippen LogP contribution < -0.4 is 10.6 Å². The second-order valence-corrected chi connectivity index (χ2v) is 5.80. The molecule has 2 rings (SSSR count). The lowest BCUT2D eigenvalue weighted by Crippen LogP contribution is -2.29. The maximum Gasteiger partial charge on any atom is 0.130 e. The molecule has 1 aliphatic heterocycles. The zero-order chi connectivity index (χ0) is 14.0. The first-order chi connectivity index (χ1) is 8.91. The molecule has 4 heteroatoms. The molecule has 2 atom stereocenters. The van der Waals surface area contributed by atoms with Gasteiger partial charge in [-0.3, -0.25) is 0 Å². The molecule has 1 aromatic rings. The number of rotatable bonds is 2. The number of hydrogen-bond donors (Lipinski definition) is 2. The van der Waals surface area contributed by atoms with Crippen LogP contribution in [0.1, 0.15) is 44.7 Å². The van der Waals surface area contributed by atoms with Crippen molar-refractivity contribution < 1.29 is 9.50 Å². The molecular formula is C15H23FN2O. The van der Waals surface area contributed by atoms with Gasteiger partial charge in [-0.25, -0.2) is 4.39 Å². The summed E-state index contributed by atoms with van der Waals surface area (Å²) in [5.41, 5.74) is 6.73. The van der Waals surface area contributed by atoms with Crippen LogP contribution in [0.15, 0.2) is 18.2 Å². The van der Waals surface area contributed by atoms with E-state index >= 15 is 0 Å². The topological polar surface area (TPSA) is 49.5 Å². The Morgan fingerprint density at radius 3 is 2.79 bits per heavy atom. The molecule has 19 heavy (non-hydrogen) atoms. The van der Waals surface area contributed by atoms with Gasteiger partial charge in [0.1, 0.15) is 5.82 Å². The molecule has 1 heterocycles. The van der Waals surface area contributed by atoms with Gasteiger partial charge in [0.2, 0.25) is 0 Å². The summed E-state index contributed by atoms with van der Waals surface area (Å²) in [6.45, 7) is 5.24. The highest BCUT2D eigenvalue weighted by Gasteiger charge is 2.26. The van der Waals surface area contributed by atoms with Gasteiger partial charge in [-0.1, -0.05) is 6.07 Å². The highest BCUT2D eigenvalue weighted by Crippen LogP contribution is 2.31. The van der Waals surface area contributed by atoms with Crippen molar-refractivity contribution in [1.29, 1.82) is 0 Å². The Balaban J connectivity index is 2.29. The van der Waals surface area contributed by atoms with Crippen molar-refractivity contribution in [2.45, 2.75) is 44.8 Å². The molecule has 0 aliphatic carbocycles. The fourth-order valence-electron chi connectivity index (χ4n) is 2.76. The Morgan fingerprint density at radius 2 is 2.11 bits per heavy atom. The Hall–Kier alpha value is -1.13. The minimum Gasteiger partial charge on any atom is -0.390 e. The van der Waals surface area contributed by atoms with E-state index < -0.39 is 5.60 Å². The van der Waals surface area contributed by atoms with E-state index in [0.717, 1.165) is 31.6 Å². The molecule has 1 fully saturated rings. The monoisotopic (exact) mass is 266 g/mol. The van der Waals surface area contributed by atoms with Gasteiger partial charge in [0, 0.05) is 30.4 Å². The number of hydrogen-bond acceptors (Lipinski definition) is 3. The first kappa shape index (κ1) is 14.3. The van der Waals surface area contributed by atoms with Gasteiger partial charge < -0.3 is 15.7 Å². The van der Waals surface area contributed by atoms with Crippen LogP contribution >= 0.6 is 0 Å². The first-order valence-electron chi connectivity index (χ1n) is 6.92. The van der Waals surface area contributed by atoms with Crippen LogP contribution in [-0.4, -0.2) is 23.8 Å². The summed E-state index contributed by atoms with van der Waals surface area (Å²) in [5, 5.41) is 10.1. The minimum absolute atomic E-state index is 0.247. The van der Waals surface area contributed by atoms with Crippen LogP contribution in [0.25, 0.3) is 0 Å². The number of anilines is 1. The molecule has 1 aliphatic rings. The number of nitrogens with two attached hydrogens (primary N) is 1. The lowest BCUT2D eigenvalue weighted by molar-refractivity contribution is 0.0481. The smallest absolute Gasteiger partial charge is 0.130 e. The van der Waals surface area contributed by atoms with E-state index in [-0.39, 0.29) is 11.9 Å². The molecule has 0 bridgehead atoms. The van der Waals surface area contributed by atoms with E-state index in [1.807, 2.05) is 13.0 Å². The Morgan fingerprint density at radius 1 is 1.37 bits per heavy atom. The molecule has 3 nitrogen and oxygen atoms in total. The van der Waals surface area contributed by atoms with Crippen molar-refractivity contribution in [3.05, 3.63) is 29.6 Å². The average Bonchev–Trinajstić information content (AvgIpc) is 2.49. The largest absolute Gasteiger partial charge is 0.390 e. The van der Waals surface area contributed by atoms with E-state index in [0.29, 0.717) is 12.0 Å². The van der Waals surface area contributed by atoms with E-state index in [2.05, 4.69) is 4.90 Å². The number of nitrogens with zero attached hydrogens (tertiary/aromatic N) is 1. The molecule has 0 saturated carbocycles. The molecule has 3 N–H and O–H groups in total. The second kappa shape index (κ2) is 5.47. The Labute approximate surface area is 114 Å². The third kappa shape index (κ3) is 3.25. The van der Waals surface area contributed by atoms with Crippen molar-refractivity contribution in [2.24, 2.45) is 5.73 Å². The average molecular weight is 266 g/mol. The van der Waals surface area contributed by atoms with Gasteiger partial charge >= 0.3 is 0 Å². The van der Waals surface area contributed by atoms with Gasteiger partial charge in [0.05, 0.1) is 5.60 Å². The van der Waals surface area contributed by atoms with Crippen LogP contribution in [0.3, 0.4) is 0 Å². The van der Waals surface area contributed by atoms with Crippen LogP contribution in [-0.2, 0) is 0 Å². The van der Waals surface area contributed by atoms with Crippen molar-refractivity contribution >= 4 is 5.69 Å². The highest BCUT2D eigenvalue weighted by atomic mass is 19.1. The quantitative estimate of drug-likeness (QED) is 0.865.